The maximum Gasteiger partial charge on any atom is 0.240 e. The maximum absolute atomic E-state index is 9.35. The molecule has 4 fully saturated rings. The van der Waals surface area contributed by atoms with Gasteiger partial charge in [-0.05, 0) is 84.0 Å². The van der Waals surface area contributed by atoms with Gasteiger partial charge < -0.3 is 4.74 Å². The Morgan fingerprint density at radius 2 is 1.81 bits per heavy atom. The van der Waals surface area contributed by atoms with Crippen molar-refractivity contribution in [2.75, 3.05) is 6.61 Å². The predicted octanol–water partition coefficient (Wildman–Crippen LogP) is 3.96. The van der Waals surface area contributed by atoms with Gasteiger partial charge in [0.2, 0.25) is 12.4 Å². The van der Waals surface area contributed by atoms with Crippen molar-refractivity contribution >= 4 is 15.9 Å². The highest BCUT2D eigenvalue weighted by Crippen LogP contribution is 2.61. The molecule has 0 aliphatic heterocycles. The molecule has 0 saturated heterocycles. The van der Waals surface area contributed by atoms with Gasteiger partial charge in [-0.3, -0.25) is 5.21 Å². The van der Waals surface area contributed by atoms with Crippen LogP contribution < -0.4 is 9.47 Å². The third kappa shape index (κ3) is 2.67. The Morgan fingerprint density at radius 3 is 2.38 bits per heavy atom. The first kappa shape index (κ1) is 13.9. The van der Waals surface area contributed by atoms with Gasteiger partial charge in [0.25, 0.3) is 0 Å². The van der Waals surface area contributed by atoms with Crippen LogP contribution in [0.4, 0.5) is 0 Å². The van der Waals surface area contributed by atoms with Crippen LogP contribution in [0.15, 0.2) is 22.9 Å². The van der Waals surface area contributed by atoms with E-state index in [0.717, 1.165) is 39.3 Å². The summed E-state index contributed by atoms with van der Waals surface area (Å²) in [4.78, 5) is 0. The zero-order valence-electron chi connectivity index (χ0n) is 12.3. The highest BCUT2D eigenvalue weighted by Gasteiger charge is 2.50. The molecule has 0 atom stereocenters. The third-order valence-corrected chi connectivity index (χ3v) is 6.51. The molecule has 4 saturated carbocycles. The van der Waals surface area contributed by atoms with E-state index >= 15 is 0 Å². The topological polar surface area (TPSA) is 33.3 Å². The number of ether oxygens (including phenoxy) is 1. The smallest absolute Gasteiger partial charge is 0.240 e. The zero-order chi connectivity index (χ0) is 14.4. The summed E-state index contributed by atoms with van der Waals surface area (Å²) in [6.07, 6.45) is 13.2. The molecule has 0 spiro atoms. The number of hydrogen-bond donors (Lipinski definition) is 1. The lowest BCUT2D eigenvalue weighted by molar-refractivity contribution is -0.905. The van der Waals surface area contributed by atoms with E-state index in [9.17, 15) is 5.21 Å². The molecule has 0 amide bonds. The first-order valence-electron chi connectivity index (χ1n) is 8.15. The van der Waals surface area contributed by atoms with E-state index < -0.39 is 0 Å². The molecule has 0 aromatic carbocycles. The molecule has 5 rings (SSSR count). The van der Waals surface area contributed by atoms with Crippen molar-refractivity contribution in [3.8, 4) is 5.75 Å². The van der Waals surface area contributed by atoms with E-state index in [1.807, 2.05) is 6.07 Å². The number of hydrogen-bond acceptors (Lipinski definition) is 2. The Labute approximate surface area is 134 Å². The number of pyridine rings is 1. The number of nitrogens with zero attached hydrogens (tertiary/aromatic N) is 1. The van der Waals surface area contributed by atoms with Gasteiger partial charge in [-0.25, -0.2) is 0 Å². The fraction of sp³-hybridized carbons (Fsp3) is 0.706. The largest absolute Gasteiger partial charge is 0.492 e. The van der Waals surface area contributed by atoms with Crippen LogP contribution in [-0.2, 0) is 0 Å². The van der Waals surface area contributed by atoms with Gasteiger partial charge in [-0.2, -0.15) is 0 Å². The van der Waals surface area contributed by atoms with Crippen molar-refractivity contribution in [1.29, 1.82) is 0 Å². The molecule has 0 radical (unpaired) electrons. The van der Waals surface area contributed by atoms with Crippen LogP contribution in [0.5, 0.6) is 5.75 Å². The van der Waals surface area contributed by atoms with E-state index in [1.165, 1.54) is 44.9 Å². The van der Waals surface area contributed by atoms with Crippen molar-refractivity contribution < 1.29 is 14.7 Å². The molecule has 1 N–H and O–H groups in total. The maximum atomic E-state index is 9.35. The number of aromatic nitrogens is 1. The molecule has 1 aromatic heterocycles. The first-order valence-corrected chi connectivity index (χ1v) is 8.94. The molecule has 4 aliphatic carbocycles. The molecule has 4 heteroatoms. The Morgan fingerprint density at radius 1 is 1.19 bits per heavy atom. The molecule has 3 nitrogen and oxygen atoms in total. The summed E-state index contributed by atoms with van der Waals surface area (Å²) in [6.45, 7) is 0.792. The lowest BCUT2D eigenvalue weighted by Crippen LogP contribution is -2.46. The van der Waals surface area contributed by atoms with Crippen molar-refractivity contribution in [1.82, 2.24) is 0 Å². The van der Waals surface area contributed by atoms with E-state index in [4.69, 9.17) is 4.74 Å². The Bertz CT molecular complexity index is 510. The average molecular weight is 353 g/mol. The van der Waals surface area contributed by atoms with Gasteiger partial charge in [-0.15, -0.1) is 0 Å². The van der Waals surface area contributed by atoms with Crippen molar-refractivity contribution in [2.45, 2.75) is 44.9 Å². The second-order valence-electron chi connectivity index (χ2n) is 7.55. The van der Waals surface area contributed by atoms with Crippen LogP contribution >= 0.6 is 15.9 Å². The van der Waals surface area contributed by atoms with Gasteiger partial charge in [-0.1, -0.05) is 0 Å². The van der Waals surface area contributed by atoms with Gasteiger partial charge in [0.15, 0.2) is 0 Å². The molecule has 114 valence electrons. The van der Waals surface area contributed by atoms with Gasteiger partial charge >= 0.3 is 0 Å². The van der Waals surface area contributed by atoms with E-state index in [2.05, 4.69) is 15.9 Å². The van der Waals surface area contributed by atoms with E-state index in [0.29, 0.717) is 5.41 Å². The average Bonchev–Trinajstić information content (AvgIpc) is 2.39. The monoisotopic (exact) mass is 352 g/mol. The molecular weight excluding hydrogens is 330 g/mol. The van der Waals surface area contributed by atoms with Crippen molar-refractivity contribution in [3.05, 3.63) is 22.9 Å². The lowest BCUT2D eigenvalue weighted by Gasteiger charge is -2.57. The minimum Gasteiger partial charge on any atom is -0.492 e. The lowest BCUT2D eigenvalue weighted by atomic mass is 9.49. The summed E-state index contributed by atoms with van der Waals surface area (Å²) >= 11 is 3.44. The molecular formula is C17H23BrNO2+. The van der Waals surface area contributed by atoms with Crippen molar-refractivity contribution in [3.63, 3.8) is 0 Å². The highest BCUT2D eigenvalue weighted by molar-refractivity contribution is 9.10. The molecule has 21 heavy (non-hydrogen) atoms. The van der Waals surface area contributed by atoms with E-state index in [1.54, 1.807) is 12.4 Å². The fourth-order valence-corrected chi connectivity index (χ4v) is 5.99. The minimum absolute atomic E-state index is 0.576. The van der Waals surface area contributed by atoms with Crippen LogP contribution in [0, 0.1) is 23.2 Å². The van der Waals surface area contributed by atoms with E-state index in [-0.39, 0.29) is 0 Å². The zero-order valence-corrected chi connectivity index (χ0v) is 13.9. The van der Waals surface area contributed by atoms with Gasteiger partial charge in [0.1, 0.15) is 10.2 Å². The molecule has 4 aliphatic rings. The second kappa shape index (κ2) is 5.15. The third-order valence-electron chi connectivity index (χ3n) is 5.91. The second-order valence-corrected chi connectivity index (χ2v) is 8.41. The SMILES string of the molecule is O[n+]1ccc(OCCC23CC4CC(CC(C4)C2)C3)c(Br)c1. The standard InChI is InChI=1S/C17H23BrNO2/c18-15-11-19(20)3-1-16(15)21-4-2-17-8-12-5-13(9-17)7-14(6-12)10-17/h1,3,11-14,20H,2,4-10H2/q+1. The summed E-state index contributed by atoms with van der Waals surface area (Å²) in [5.74, 6) is 3.85. The molecule has 1 heterocycles. The fourth-order valence-electron chi connectivity index (χ4n) is 5.54. The summed E-state index contributed by atoms with van der Waals surface area (Å²) in [7, 11) is 0. The highest BCUT2D eigenvalue weighted by atomic mass is 79.9. The molecule has 1 aromatic rings. The summed E-state index contributed by atoms with van der Waals surface area (Å²) in [5, 5.41) is 9.35. The van der Waals surface area contributed by atoms with Crippen LogP contribution in [0.25, 0.3) is 0 Å². The van der Waals surface area contributed by atoms with Crippen LogP contribution in [0.3, 0.4) is 0 Å². The summed E-state index contributed by atoms with van der Waals surface area (Å²) in [5.41, 5.74) is 0.576. The summed E-state index contributed by atoms with van der Waals surface area (Å²) < 4.78 is 7.80. The first-order chi connectivity index (χ1) is 10.1. The predicted molar refractivity (Wildman–Crippen MR) is 82.2 cm³/mol. The quantitative estimate of drug-likeness (QED) is 0.657. The Kier molecular flexibility index (Phi) is 3.40. The molecule has 0 unspecified atom stereocenters. The van der Waals surface area contributed by atoms with Crippen LogP contribution in [0.1, 0.15) is 44.9 Å². The van der Waals surface area contributed by atoms with Crippen LogP contribution in [-0.4, -0.2) is 11.8 Å². The Hall–Kier alpha value is -0.770. The van der Waals surface area contributed by atoms with Crippen LogP contribution in [0.2, 0.25) is 0 Å². The number of halogens is 1. The van der Waals surface area contributed by atoms with Gasteiger partial charge in [0, 0.05) is 4.73 Å². The summed E-state index contributed by atoms with van der Waals surface area (Å²) in [6, 6.07) is 1.81. The minimum atomic E-state index is 0.576. The normalized spacial score (nSPS) is 36.9. The molecule has 4 bridgehead atoms. The number of rotatable bonds is 4. The van der Waals surface area contributed by atoms with Crippen molar-refractivity contribution in [2.24, 2.45) is 23.2 Å². The van der Waals surface area contributed by atoms with Gasteiger partial charge in [0.05, 0.1) is 12.7 Å². The Balaban J connectivity index is 1.38.